The molecule has 0 N–H and O–H groups in total. The fourth-order valence-electron chi connectivity index (χ4n) is 2.01. The zero-order valence-corrected chi connectivity index (χ0v) is 12.7. The maximum absolute atomic E-state index is 6.01. The van der Waals surface area contributed by atoms with E-state index in [0.29, 0.717) is 12.2 Å². The third-order valence-corrected chi connectivity index (χ3v) is 3.96. The fraction of sp³-hybridized carbons (Fsp3) is 0.533. The number of hydrogen-bond donors (Lipinski definition) is 0. The SMILES string of the molecule is C#CCc1cc(OC)c(B2OC(C)(C)C(C)(C)O2)cn1. The van der Waals surface area contributed by atoms with Crippen molar-refractivity contribution in [3.63, 3.8) is 0 Å². The molecule has 0 unspecified atom stereocenters. The number of terminal acetylenes is 1. The smallest absolute Gasteiger partial charge is 0.497 e. The fourth-order valence-corrected chi connectivity index (χ4v) is 2.01. The first kappa shape index (κ1) is 14.9. The lowest BCUT2D eigenvalue weighted by molar-refractivity contribution is 0.00578. The minimum Gasteiger partial charge on any atom is -0.497 e. The van der Waals surface area contributed by atoms with Crippen molar-refractivity contribution in [3.8, 4) is 18.1 Å². The van der Waals surface area contributed by atoms with Gasteiger partial charge in [-0.1, -0.05) is 0 Å². The van der Waals surface area contributed by atoms with Gasteiger partial charge < -0.3 is 14.0 Å². The predicted octanol–water partition coefficient (Wildman–Crippen LogP) is 1.57. The van der Waals surface area contributed by atoms with Crippen molar-refractivity contribution >= 4 is 12.6 Å². The zero-order valence-electron chi connectivity index (χ0n) is 12.7. The Hall–Kier alpha value is -1.51. The molecular formula is C15H20BNO3. The predicted molar refractivity (Wildman–Crippen MR) is 79.0 cm³/mol. The van der Waals surface area contributed by atoms with Crippen molar-refractivity contribution in [2.45, 2.75) is 45.3 Å². The molecule has 0 aliphatic carbocycles. The summed E-state index contributed by atoms with van der Waals surface area (Å²) < 4.78 is 17.4. The van der Waals surface area contributed by atoms with Gasteiger partial charge in [-0.3, -0.25) is 4.98 Å². The number of ether oxygens (including phenoxy) is 1. The normalized spacial score (nSPS) is 19.7. The van der Waals surface area contributed by atoms with Gasteiger partial charge in [0.1, 0.15) is 5.75 Å². The van der Waals surface area contributed by atoms with Gasteiger partial charge in [-0.2, -0.15) is 0 Å². The number of nitrogens with zero attached hydrogens (tertiary/aromatic N) is 1. The Morgan fingerprint density at radius 2 is 1.90 bits per heavy atom. The Kier molecular flexibility index (Phi) is 3.81. The van der Waals surface area contributed by atoms with Gasteiger partial charge in [-0.05, 0) is 27.7 Å². The third kappa shape index (κ3) is 2.54. The largest absolute Gasteiger partial charge is 0.500 e. The molecule has 0 bridgehead atoms. The lowest BCUT2D eigenvalue weighted by atomic mass is 9.79. The van der Waals surface area contributed by atoms with E-state index in [1.807, 2.05) is 33.8 Å². The Labute approximate surface area is 121 Å². The van der Waals surface area contributed by atoms with Crippen LogP contribution in [0.1, 0.15) is 33.4 Å². The summed E-state index contributed by atoms with van der Waals surface area (Å²) in [4.78, 5) is 4.33. The van der Waals surface area contributed by atoms with E-state index in [4.69, 9.17) is 20.5 Å². The van der Waals surface area contributed by atoms with Crippen molar-refractivity contribution in [3.05, 3.63) is 18.0 Å². The third-order valence-electron chi connectivity index (χ3n) is 3.96. The van der Waals surface area contributed by atoms with E-state index in [-0.39, 0.29) is 11.2 Å². The van der Waals surface area contributed by atoms with Crippen molar-refractivity contribution in [1.29, 1.82) is 0 Å². The lowest BCUT2D eigenvalue weighted by Crippen LogP contribution is -2.41. The van der Waals surface area contributed by atoms with Gasteiger partial charge in [0.15, 0.2) is 0 Å². The van der Waals surface area contributed by atoms with Gasteiger partial charge in [0.2, 0.25) is 0 Å². The summed E-state index contributed by atoms with van der Waals surface area (Å²) in [6.45, 7) is 8.05. The van der Waals surface area contributed by atoms with Gasteiger partial charge in [-0.15, -0.1) is 12.3 Å². The standard InChI is InChI=1S/C15H20BNO3/c1-7-8-11-9-13(18-6)12(10-17-11)16-19-14(2,3)15(4,5)20-16/h1,9-10H,8H2,2-6H3. The Morgan fingerprint density at radius 1 is 1.30 bits per heavy atom. The van der Waals surface area contributed by atoms with Crippen LogP contribution in [-0.4, -0.2) is 30.4 Å². The maximum Gasteiger partial charge on any atom is 0.500 e. The number of hydrogen-bond acceptors (Lipinski definition) is 4. The summed E-state index contributed by atoms with van der Waals surface area (Å²) in [6, 6.07) is 1.83. The molecule has 1 saturated heterocycles. The van der Waals surface area contributed by atoms with E-state index in [1.165, 1.54) is 0 Å². The van der Waals surface area contributed by atoms with Crippen LogP contribution in [0.25, 0.3) is 0 Å². The molecule has 0 aromatic carbocycles. The Bertz CT molecular complexity index is 533. The second-order valence-corrected chi connectivity index (χ2v) is 5.89. The van der Waals surface area contributed by atoms with Crippen LogP contribution in [0.15, 0.2) is 12.3 Å². The Balaban J connectivity index is 2.33. The molecule has 1 aliphatic heterocycles. The first-order valence-corrected chi connectivity index (χ1v) is 6.62. The quantitative estimate of drug-likeness (QED) is 0.619. The molecule has 0 radical (unpaired) electrons. The van der Waals surface area contributed by atoms with Crippen LogP contribution in [-0.2, 0) is 15.7 Å². The van der Waals surface area contributed by atoms with Gasteiger partial charge in [-0.25, -0.2) is 0 Å². The van der Waals surface area contributed by atoms with Crippen LogP contribution >= 0.6 is 0 Å². The molecule has 20 heavy (non-hydrogen) atoms. The van der Waals surface area contributed by atoms with E-state index in [1.54, 1.807) is 13.3 Å². The first-order valence-electron chi connectivity index (χ1n) is 6.62. The molecule has 2 rings (SSSR count). The second kappa shape index (κ2) is 5.12. The van der Waals surface area contributed by atoms with E-state index < -0.39 is 7.12 Å². The summed E-state index contributed by atoms with van der Waals surface area (Å²) in [7, 11) is 1.13. The molecule has 0 spiro atoms. The topological polar surface area (TPSA) is 40.6 Å². The maximum atomic E-state index is 6.01. The van der Waals surface area contributed by atoms with Crippen LogP contribution < -0.4 is 10.2 Å². The highest BCUT2D eigenvalue weighted by atomic mass is 16.7. The van der Waals surface area contributed by atoms with Crippen LogP contribution in [0.3, 0.4) is 0 Å². The van der Waals surface area contributed by atoms with Crippen LogP contribution in [0.5, 0.6) is 5.75 Å². The minimum atomic E-state index is -0.484. The van der Waals surface area contributed by atoms with E-state index in [0.717, 1.165) is 11.2 Å². The molecule has 0 atom stereocenters. The monoisotopic (exact) mass is 273 g/mol. The number of pyridine rings is 1. The number of rotatable bonds is 3. The van der Waals surface area contributed by atoms with Gasteiger partial charge in [0, 0.05) is 17.7 Å². The molecule has 0 saturated carbocycles. The van der Waals surface area contributed by atoms with Crippen LogP contribution in [0.4, 0.5) is 0 Å². The van der Waals surface area contributed by atoms with E-state index in [9.17, 15) is 0 Å². The number of aromatic nitrogens is 1. The minimum absolute atomic E-state index is 0.389. The van der Waals surface area contributed by atoms with E-state index in [2.05, 4.69) is 10.9 Å². The molecule has 1 aliphatic rings. The molecule has 0 amide bonds. The van der Waals surface area contributed by atoms with E-state index >= 15 is 0 Å². The van der Waals surface area contributed by atoms with Crippen molar-refractivity contribution in [2.24, 2.45) is 0 Å². The average Bonchev–Trinajstić information content (AvgIpc) is 2.58. The number of methoxy groups -OCH3 is 1. The molecule has 4 nitrogen and oxygen atoms in total. The summed E-state index contributed by atoms with van der Waals surface area (Å²) in [5.74, 6) is 3.25. The lowest BCUT2D eigenvalue weighted by Gasteiger charge is -2.32. The van der Waals surface area contributed by atoms with Crippen molar-refractivity contribution in [1.82, 2.24) is 4.98 Å². The molecule has 2 heterocycles. The molecule has 106 valence electrons. The molecular weight excluding hydrogens is 253 g/mol. The zero-order chi connectivity index (χ0) is 15.0. The summed E-state index contributed by atoms with van der Waals surface area (Å²) in [5, 5.41) is 0. The molecule has 1 aromatic rings. The average molecular weight is 273 g/mol. The van der Waals surface area contributed by atoms with Gasteiger partial charge in [0.05, 0.1) is 30.4 Å². The summed E-state index contributed by atoms with van der Waals surface area (Å²) >= 11 is 0. The molecule has 1 aromatic heterocycles. The summed E-state index contributed by atoms with van der Waals surface area (Å²) in [6.07, 6.45) is 7.49. The van der Waals surface area contributed by atoms with Crippen molar-refractivity contribution in [2.75, 3.05) is 7.11 Å². The molecule has 5 heteroatoms. The van der Waals surface area contributed by atoms with Gasteiger partial charge in [0.25, 0.3) is 0 Å². The highest BCUT2D eigenvalue weighted by molar-refractivity contribution is 6.63. The first-order chi connectivity index (χ1) is 9.30. The Morgan fingerprint density at radius 3 is 2.40 bits per heavy atom. The highest BCUT2D eigenvalue weighted by Crippen LogP contribution is 2.37. The van der Waals surface area contributed by atoms with Crippen molar-refractivity contribution < 1.29 is 14.0 Å². The second-order valence-electron chi connectivity index (χ2n) is 5.89. The summed E-state index contributed by atoms with van der Waals surface area (Å²) in [5.41, 5.74) is 0.803. The highest BCUT2D eigenvalue weighted by Gasteiger charge is 2.52. The van der Waals surface area contributed by atoms with Crippen LogP contribution in [0.2, 0.25) is 0 Å². The van der Waals surface area contributed by atoms with Crippen LogP contribution in [0, 0.1) is 12.3 Å². The molecule has 1 fully saturated rings. The van der Waals surface area contributed by atoms with Gasteiger partial charge >= 0.3 is 7.12 Å².